The Hall–Kier alpha value is -2.22. The maximum Gasteiger partial charge on any atom is 0.313 e. The topological polar surface area (TPSA) is 107 Å². The first-order chi connectivity index (χ1) is 9.51. The van der Waals surface area contributed by atoms with E-state index in [9.17, 15) is 9.59 Å². The Morgan fingerprint density at radius 1 is 1.50 bits per heavy atom. The number of carbonyl (C=O) groups excluding carboxylic acids is 1. The molecule has 2 aromatic rings. The zero-order chi connectivity index (χ0) is 14.7. The van der Waals surface area contributed by atoms with Crippen molar-refractivity contribution in [2.24, 2.45) is 5.73 Å². The molecule has 7 nitrogen and oxygen atoms in total. The molecule has 2 rings (SSSR count). The van der Waals surface area contributed by atoms with Crippen LogP contribution < -0.4 is 10.5 Å². The summed E-state index contributed by atoms with van der Waals surface area (Å²) in [5.74, 6) is -0.974. The minimum absolute atomic E-state index is 0.0508. The van der Waals surface area contributed by atoms with Gasteiger partial charge in [-0.05, 0) is 12.1 Å². The number of fused-ring (bicyclic) bond motifs is 1. The van der Waals surface area contributed by atoms with Crippen molar-refractivity contribution in [2.75, 3.05) is 12.9 Å². The van der Waals surface area contributed by atoms with E-state index < -0.39 is 11.9 Å². The lowest BCUT2D eigenvalue weighted by Gasteiger charge is -2.05. The number of ether oxygens (including phenoxy) is 1. The average molecular weight is 295 g/mol. The van der Waals surface area contributed by atoms with E-state index in [0.29, 0.717) is 21.9 Å². The first kappa shape index (κ1) is 14.2. The number of nitrogens with zero attached hydrogens (tertiary/aromatic N) is 2. The van der Waals surface area contributed by atoms with Gasteiger partial charge in [0, 0.05) is 6.07 Å². The maximum absolute atomic E-state index is 11.1. The second-order valence-corrected chi connectivity index (χ2v) is 4.93. The molecule has 1 aromatic heterocycles. The highest BCUT2D eigenvalue weighted by atomic mass is 32.2. The number of nitrogens with two attached hydrogens (primary N) is 1. The van der Waals surface area contributed by atoms with E-state index in [1.54, 1.807) is 29.9 Å². The number of hydrogen-bond acceptors (Lipinski definition) is 5. The van der Waals surface area contributed by atoms with Crippen LogP contribution in [0.5, 0.6) is 5.75 Å². The van der Waals surface area contributed by atoms with Gasteiger partial charge in [-0.2, -0.15) is 0 Å². The van der Waals surface area contributed by atoms with Crippen molar-refractivity contribution in [3.8, 4) is 5.75 Å². The summed E-state index contributed by atoms with van der Waals surface area (Å²) in [4.78, 5) is 26.1. The van der Waals surface area contributed by atoms with Crippen LogP contribution in [0.15, 0.2) is 23.4 Å². The van der Waals surface area contributed by atoms with Gasteiger partial charge in [-0.3, -0.25) is 9.59 Å². The number of rotatable bonds is 6. The molecule has 0 saturated carbocycles. The van der Waals surface area contributed by atoms with Crippen molar-refractivity contribution in [2.45, 2.75) is 11.7 Å². The van der Waals surface area contributed by atoms with Crippen LogP contribution in [0.3, 0.4) is 0 Å². The Balaban J connectivity index is 2.47. The van der Waals surface area contributed by atoms with Crippen molar-refractivity contribution in [3.05, 3.63) is 18.2 Å². The number of benzene rings is 1. The number of hydrogen-bond donors (Lipinski definition) is 2. The first-order valence-corrected chi connectivity index (χ1v) is 6.67. The molecular weight excluding hydrogens is 282 g/mol. The summed E-state index contributed by atoms with van der Waals surface area (Å²) in [5, 5.41) is 9.17. The Morgan fingerprint density at radius 2 is 2.25 bits per heavy atom. The molecule has 0 radical (unpaired) electrons. The minimum Gasteiger partial charge on any atom is -0.497 e. The van der Waals surface area contributed by atoms with Crippen molar-refractivity contribution >= 4 is 34.7 Å². The number of primary amides is 1. The number of aromatic nitrogens is 2. The summed E-state index contributed by atoms with van der Waals surface area (Å²) in [6.07, 6.45) is 0. The molecule has 3 N–H and O–H groups in total. The number of imidazole rings is 1. The summed E-state index contributed by atoms with van der Waals surface area (Å²) in [7, 11) is 1.54. The summed E-state index contributed by atoms with van der Waals surface area (Å²) >= 11 is 1.04. The second kappa shape index (κ2) is 5.83. The summed E-state index contributed by atoms with van der Waals surface area (Å²) in [6, 6.07) is 5.22. The molecule has 1 aromatic carbocycles. The first-order valence-electron chi connectivity index (χ1n) is 5.68. The summed E-state index contributed by atoms with van der Waals surface area (Å²) < 4.78 is 6.71. The molecule has 1 heterocycles. The molecule has 0 aliphatic heterocycles. The van der Waals surface area contributed by atoms with Crippen LogP contribution in [-0.4, -0.2) is 39.4 Å². The molecule has 8 heteroatoms. The van der Waals surface area contributed by atoms with Crippen LogP contribution in [0.2, 0.25) is 0 Å². The molecular formula is C12H13N3O4S. The van der Waals surface area contributed by atoms with E-state index in [1.807, 2.05) is 0 Å². The highest BCUT2D eigenvalue weighted by Crippen LogP contribution is 2.26. The Labute approximate surface area is 118 Å². The van der Waals surface area contributed by atoms with E-state index in [1.165, 1.54) is 0 Å². The second-order valence-electron chi connectivity index (χ2n) is 3.98. The fourth-order valence-corrected chi connectivity index (χ4v) is 2.49. The summed E-state index contributed by atoms with van der Waals surface area (Å²) in [5.41, 5.74) is 6.55. The number of carboxylic acid groups (broad SMARTS) is 1. The van der Waals surface area contributed by atoms with Crippen LogP contribution in [0.4, 0.5) is 0 Å². The van der Waals surface area contributed by atoms with Gasteiger partial charge in [0.1, 0.15) is 12.3 Å². The van der Waals surface area contributed by atoms with Crippen molar-refractivity contribution in [1.29, 1.82) is 0 Å². The number of methoxy groups -OCH3 is 1. The Kier molecular flexibility index (Phi) is 4.14. The lowest BCUT2D eigenvalue weighted by molar-refractivity contribution is -0.133. The highest BCUT2D eigenvalue weighted by Gasteiger charge is 2.14. The largest absolute Gasteiger partial charge is 0.497 e. The quantitative estimate of drug-likeness (QED) is 0.760. The van der Waals surface area contributed by atoms with Gasteiger partial charge in [0.2, 0.25) is 5.91 Å². The molecule has 0 atom stereocenters. The van der Waals surface area contributed by atoms with E-state index in [2.05, 4.69) is 4.98 Å². The average Bonchev–Trinajstić information content (AvgIpc) is 2.73. The molecule has 20 heavy (non-hydrogen) atoms. The van der Waals surface area contributed by atoms with Crippen LogP contribution in [0.25, 0.3) is 11.0 Å². The van der Waals surface area contributed by atoms with E-state index in [-0.39, 0.29) is 12.3 Å². The molecule has 0 saturated heterocycles. The fraction of sp³-hybridized carbons (Fsp3) is 0.250. The van der Waals surface area contributed by atoms with E-state index in [0.717, 1.165) is 11.8 Å². The van der Waals surface area contributed by atoms with Crippen LogP contribution in [0, 0.1) is 0 Å². The molecule has 0 bridgehead atoms. The minimum atomic E-state index is -0.953. The Morgan fingerprint density at radius 3 is 2.85 bits per heavy atom. The van der Waals surface area contributed by atoms with Gasteiger partial charge >= 0.3 is 5.97 Å². The number of carboxylic acids is 1. The van der Waals surface area contributed by atoms with E-state index in [4.69, 9.17) is 15.6 Å². The van der Waals surface area contributed by atoms with Crippen LogP contribution in [0.1, 0.15) is 0 Å². The van der Waals surface area contributed by atoms with Gasteiger partial charge in [-0.25, -0.2) is 4.98 Å². The fourth-order valence-electron chi connectivity index (χ4n) is 1.76. The van der Waals surface area contributed by atoms with Crippen molar-refractivity contribution < 1.29 is 19.4 Å². The normalized spacial score (nSPS) is 10.7. The SMILES string of the molecule is COc1ccc2c(c1)nc(SCC(=O)O)n2CC(N)=O. The smallest absolute Gasteiger partial charge is 0.313 e. The third-order valence-corrected chi connectivity index (χ3v) is 3.52. The Bertz CT molecular complexity index is 668. The van der Waals surface area contributed by atoms with E-state index >= 15 is 0 Å². The maximum atomic E-state index is 11.1. The predicted octanol–water partition coefficient (Wildman–Crippen LogP) is 0.707. The summed E-state index contributed by atoms with van der Waals surface area (Å²) in [6.45, 7) is -0.0508. The lowest BCUT2D eigenvalue weighted by atomic mass is 10.3. The highest BCUT2D eigenvalue weighted by molar-refractivity contribution is 7.99. The van der Waals surface area contributed by atoms with Gasteiger partial charge in [-0.15, -0.1) is 0 Å². The molecule has 106 valence electrons. The predicted molar refractivity (Wildman–Crippen MR) is 73.8 cm³/mol. The zero-order valence-corrected chi connectivity index (χ0v) is 11.5. The molecule has 0 spiro atoms. The standard InChI is InChI=1S/C12H13N3O4S/c1-19-7-2-3-9-8(4-7)14-12(20-6-11(17)18)15(9)5-10(13)16/h2-4H,5-6H2,1H3,(H2,13,16)(H,17,18). The number of aliphatic carboxylic acids is 1. The number of carbonyl (C=O) groups is 2. The molecule has 0 aliphatic carbocycles. The third-order valence-electron chi connectivity index (χ3n) is 2.56. The van der Waals surface area contributed by atoms with Gasteiger partial charge < -0.3 is 20.1 Å². The molecule has 0 fully saturated rings. The van der Waals surface area contributed by atoms with Crippen LogP contribution in [-0.2, 0) is 16.1 Å². The van der Waals surface area contributed by atoms with Crippen LogP contribution >= 0.6 is 11.8 Å². The van der Waals surface area contributed by atoms with Gasteiger partial charge in [0.15, 0.2) is 5.16 Å². The van der Waals surface area contributed by atoms with Gasteiger partial charge in [0.05, 0.1) is 23.9 Å². The number of amides is 1. The molecule has 0 aliphatic rings. The third kappa shape index (κ3) is 3.02. The van der Waals surface area contributed by atoms with Gasteiger partial charge in [0.25, 0.3) is 0 Å². The van der Waals surface area contributed by atoms with Crippen molar-refractivity contribution in [1.82, 2.24) is 9.55 Å². The zero-order valence-electron chi connectivity index (χ0n) is 10.7. The van der Waals surface area contributed by atoms with Crippen molar-refractivity contribution in [3.63, 3.8) is 0 Å². The monoisotopic (exact) mass is 295 g/mol. The molecule has 0 unspecified atom stereocenters. The number of thioether (sulfide) groups is 1. The van der Waals surface area contributed by atoms with Gasteiger partial charge in [-0.1, -0.05) is 11.8 Å². The lowest BCUT2D eigenvalue weighted by Crippen LogP contribution is -2.19. The molecule has 1 amide bonds.